The lowest BCUT2D eigenvalue weighted by Gasteiger charge is -1.84. The molecule has 0 aromatic carbocycles. The number of carboxylic acids is 3. The van der Waals surface area contributed by atoms with Crippen molar-refractivity contribution < 1.29 is 29.7 Å². The van der Waals surface area contributed by atoms with Crippen LogP contribution in [0.15, 0.2) is 12.4 Å². The topological polar surface area (TPSA) is 190 Å². The number of H-pyrrole nitrogens is 1. The van der Waals surface area contributed by atoms with Gasteiger partial charge in [0.05, 0.1) is 0 Å². The number of nitrogen functional groups attached to an aromatic ring is 1. The van der Waals surface area contributed by atoms with Crippen LogP contribution in [-0.4, -0.2) is 49.0 Å². The first-order chi connectivity index (χ1) is 9.00. The summed E-state index contributed by atoms with van der Waals surface area (Å²) in [7, 11) is 0. The molecule has 0 aliphatic rings. The molecular formula is C10H18N4O6. The standard InChI is InChI=1S/C4H6N4.3C2H4O2/c5-3(6)4-7-1-2-8-4;3*1-2(3)4/h1-2H,(H3,5,6)(H,7,8);3*1H3,(H,3,4). The molecule has 0 fully saturated rings. The normalized spacial score (nSPS) is 7.35. The van der Waals surface area contributed by atoms with Crippen LogP contribution in [0.2, 0.25) is 0 Å². The number of aliphatic carboxylic acids is 3. The van der Waals surface area contributed by atoms with Gasteiger partial charge in [-0.3, -0.25) is 19.8 Å². The molecule has 20 heavy (non-hydrogen) atoms. The minimum Gasteiger partial charge on any atom is -0.481 e. The van der Waals surface area contributed by atoms with Gasteiger partial charge in [0.2, 0.25) is 0 Å². The lowest BCUT2D eigenvalue weighted by Crippen LogP contribution is -2.12. The first-order valence-electron chi connectivity index (χ1n) is 4.93. The molecule has 0 atom stereocenters. The summed E-state index contributed by atoms with van der Waals surface area (Å²) in [6.07, 6.45) is 3.17. The third-order valence-corrected chi connectivity index (χ3v) is 0.753. The van der Waals surface area contributed by atoms with Gasteiger partial charge in [-0.05, 0) is 0 Å². The summed E-state index contributed by atoms with van der Waals surface area (Å²) in [4.78, 5) is 33.4. The highest BCUT2D eigenvalue weighted by molar-refractivity contribution is 5.91. The Labute approximate surface area is 114 Å². The molecule has 0 bridgehead atoms. The molecule has 1 rings (SSSR count). The highest BCUT2D eigenvalue weighted by Crippen LogP contribution is 1.82. The molecule has 0 spiro atoms. The van der Waals surface area contributed by atoms with Crippen LogP contribution in [0.4, 0.5) is 0 Å². The summed E-state index contributed by atoms with van der Waals surface area (Å²) in [5, 5.41) is 29.1. The molecule has 0 saturated carbocycles. The van der Waals surface area contributed by atoms with E-state index in [9.17, 15) is 0 Å². The predicted molar refractivity (Wildman–Crippen MR) is 69.5 cm³/mol. The number of aromatic amines is 1. The zero-order valence-corrected chi connectivity index (χ0v) is 11.2. The van der Waals surface area contributed by atoms with E-state index < -0.39 is 17.9 Å². The van der Waals surface area contributed by atoms with E-state index in [1.54, 1.807) is 12.4 Å². The number of amidine groups is 1. The Balaban J connectivity index is -0.000000209. The first-order valence-corrected chi connectivity index (χ1v) is 4.93. The van der Waals surface area contributed by atoms with Crippen LogP contribution < -0.4 is 5.73 Å². The number of imidazole rings is 1. The van der Waals surface area contributed by atoms with Crippen molar-refractivity contribution in [3.63, 3.8) is 0 Å². The predicted octanol–water partition coefficient (Wildman–Crippen LogP) is -0.0335. The van der Waals surface area contributed by atoms with Gasteiger partial charge in [-0.1, -0.05) is 0 Å². The van der Waals surface area contributed by atoms with Crippen molar-refractivity contribution in [1.29, 1.82) is 5.41 Å². The summed E-state index contributed by atoms with van der Waals surface area (Å²) in [6, 6.07) is 0. The first kappa shape index (κ1) is 22.3. The number of hydrogen-bond acceptors (Lipinski definition) is 5. The number of rotatable bonds is 1. The monoisotopic (exact) mass is 290 g/mol. The minimum atomic E-state index is -0.833. The number of nitrogens with two attached hydrogens (primary N) is 1. The second kappa shape index (κ2) is 14.2. The Morgan fingerprint density at radius 2 is 1.40 bits per heavy atom. The number of aromatic nitrogens is 2. The van der Waals surface area contributed by atoms with Crippen LogP contribution in [0.3, 0.4) is 0 Å². The molecule has 0 amide bonds. The van der Waals surface area contributed by atoms with Gasteiger partial charge in [0.1, 0.15) is 0 Å². The van der Waals surface area contributed by atoms with E-state index in [0.29, 0.717) is 5.82 Å². The molecule has 0 aliphatic carbocycles. The van der Waals surface area contributed by atoms with Crippen molar-refractivity contribution in [1.82, 2.24) is 9.97 Å². The Kier molecular flexibility index (Phi) is 15.8. The smallest absolute Gasteiger partial charge is 0.300 e. The average Bonchev–Trinajstić information content (AvgIpc) is 2.66. The van der Waals surface area contributed by atoms with E-state index in [-0.39, 0.29) is 5.84 Å². The van der Waals surface area contributed by atoms with Gasteiger partial charge in [-0.25, -0.2) is 4.98 Å². The maximum absolute atomic E-state index is 9.00. The Morgan fingerprint density at radius 1 is 1.10 bits per heavy atom. The maximum atomic E-state index is 9.00. The molecule has 1 aromatic heterocycles. The van der Waals surface area contributed by atoms with Crippen LogP contribution in [0.5, 0.6) is 0 Å². The van der Waals surface area contributed by atoms with E-state index in [2.05, 4.69) is 9.97 Å². The van der Waals surface area contributed by atoms with Crippen molar-refractivity contribution in [3.05, 3.63) is 18.2 Å². The van der Waals surface area contributed by atoms with Gasteiger partial charge in [0.25, 0.3) is 17.9 Å². The van der Waals surface area contributed by atoms with Crippen molar-refractivity contribution in [3.8, 4) is 0 Å². The van der Waals surface area contributed by atoms with Gasteiger partial charge in [-0.2, -0.15) is 0 Å². The summed E-state index contributed by atoms with van der Waals surface area (Å²) < 4.78 is 0. The molecule has 0 saturated heterocycles. The van der Waals surface area contributed by atoms with Gasteiger partial charge in [-0.15, -0.1) is 0 Å². The SMILES string of the molecule is CC(=O)O.CC(=O)O.CC(=O)O.N=C(N)c1ncc[nH]1. The second-order valence-electron chi connectivity index (χ2n) is 2.91. The van der Waals surface area contributed by atoms with Crippen molar-refractivity contribution in [2.45, 2.75) is 20.8 Å². The molecule has 10 nitrogen and oxygen atoms in total. The fourth-order valence-corrected chi connectivity index (χ4v) is 0.413. The number of carbonyl (C=O) groups is 3. The average molecular weight is 290 g/mol. The highest BCUT2D eigenvalue weighted by atomic mass is 16.4. The lowest BCUT2D eigenvalue weighted by atomic mass is 10.6. The Bertz CT molecular complexity index is 375. The van der Waals surface area contributed by atoms with Gasteiger partial charge >= 0.3 is 0 Å². The Hall–Kier alpha value is -2.91. The van der Waals surface area contributed by atoms with Crippen LogP contribution in [-0.2, 0) is 14.4 Å². The molecule has 0 unspecified atom stereocenters. The van der Waals surface area contributed by atoms with Crippen LogP contribution in [0, 0.1) is 5.41 Å². The van der Waals surface area contributed by atoms with E-state index in [1.807, 2.05) is 0 Å². The van der Waals surface area contributed by atoms with E-state index in [1.165, 1.54) is 0 Å². The van der Waals surface area contributed by atoms with E-state index in [0.717, 1.165) is 20.8 Å². The van der Waals surface area contributed by atoms with Crippen molar-refractivity contribution >= 4 is 23.7 Å². The number of nitrogens with one attached hydrogen (secondary N) is 2. The van der Waals surface area contributed by atoms with Gasteiger partial charge in [0.15, 0.2) is 11.7 Å². The van der Waals surface area contributed by atoms with Crippen molar-refractivity contribution in [2.24, 2.45) is 5.73 Å². The zero-order chi connectivity index (χ0) is 16.7. The zero-order valence-electron chi connectivity index (χ0n) is 11.2. The maximum Gasteiger partial charge on any atom is 0.300 e. The fraction of sp³-hybridized carbons (Fsp3) is 0.300. The summed E-state index contributed by atoms with van der Waals surface area (Å²) in [5.74, 6) is -2.11. The molecule has 10 heteroatoms. The number of nitrogens with zero attached hydrogens (tertiary/aromatic N) is 1. The van der Waals surface area contributed by atoms with Crippen LogP contribution >= 0.6 is 0 Å². The quantitative estimate of drug-likeness (QED) is 0.306. The molecule has 114 valence electrons. The largest absolute Gasteiger partial charge is 0.481 e. The fourth-order valence-electron chi connectivity index (χ4n) is 0.413. The summed E-state index contributed by atoms with van der Waals surface area (Å²) >= 11 is 0. The third-order valence-electron chi connectivity index (χ3n) is 0.753. The highest BCUT2D eigenvalue weighted by Gasteiger charge is 1.92. The van der Waals surface area contributed by atoms with E-state index >= 15 is 0 Å². The molecule has 7 N–H and O–H groups in total. The number of hydrogen-bond donors (Lipinski definition) is 6. The van der Waals surface area contributed by atoms with Gasteiger partial charge in [0, 0.05) is 33.2 Å². The summed E-state index contributed by atoms with van der Waals surface area (Å²) in [5.41, 5.74) is 5.05. The molecule has 0 aliphatic heterocycles. The summed E-state index contributed by atoms with van der Waals surface area (Å²) in [6.45, 7) is 3.25. The minimum absolute atomic E-state index is 0.0324. The number of carboxylic acid groups (broad SMARTS) is 3. The molecule has 1 aromatic rings. The van der Waals surface area contributed by atoms with Crippen molar-refractivity contribution in [2.75, 3.05) is 0 Å². The Morgan fingerprint density at radius 3 is 1.50 bits per heavy atom. The van der Waals surface area contributed by atoms with E-state index in [4.69, 9.17) is 40.8 Å². The molecule has 0 radical (unpaired) electrons. The lowest BCUT2D eigenvalue weighted by molar-refractivity contribution is -0.135. The molecule has 1 heterocycles. The third kappa shape index (κ3) is 45.8. The van der Waals surface area contributed by atoms with Gasteiger partial charge < -0.3 is 26.0 Å². The molecular weight excluding hydrogens is 272 g/mol. The second-order valence-corrected chi connectivity index (χ2v) is 2.91. The van der Waals surface area contributed by atoms with Crippen LogP contribution in [0.25, 0.3) is 0 Å². The van der Waals surface area contributed by atoms with Crippen LogP contribution in [0.1, 0.15) is 26.6 Å².